The quantitative estimate of drug-likeness (QED) is 0.327. The van der Waals surface area contributed by atoms with Gasteiger partial charge in [-0.1, -0.05) is 65.2 Å². The van der Waals surface area contributed by atoms with Crippen LogP contribution in [-0.4, -0.2) is 27.3 Å². The lowest BCUT2D eigenvalue weighted by atomic mass is 9.92. The third-order valence-corrected chi connectivity index (χ3v) is 4.17. The summed E-state index contributed by atoms with van der Waals surface area (Å²) in [6.45, 7) is 4.48. The average molecular weight is 288 g/mol. The van der Waals surface area contributed by atoms with Crippen LogP contribution in [0.5, 0.6) is 0 Å². The number of hydrogen-bond acceptors (Lipinski definition) is 3. The molecule has 0 aromatic heterocycles. The van der Waals surface area contributed by atoms with Gasteiger partial charge in [0.1, 0.15) is 0 Å². The second-order valence-corrected chi connectivity index (χ2v) is 5.61. The lowest BCUT2D eigenvalue weighted by Crippen LogP contribution is -2.44. The van der Waals surface area contributed by atoms with Crippen molar-refractivity contribution >= 4 is 0 Å². The normalized spacial score (nSPS) is 13.7. The molecule has 0 rings (SSSR count). The summed E-state index contributed by atoms with van der Waals surface area (Å²) < 4.78 is 16.7. The van der Waals surface area contributed by atoms with Gasteiger partial charge in [-0.25, -0.2) is 0 Å². The SMILES string of the molecule is CCCCCCCC(CCCCC)C(OC)(OC)OC. The number of ether oxygens (including phenoxy) is 3. The smallest absolute Gasteiger partial charge is 0.285 e. The van der Waals surface area contributed by atoms with Crippen molar-refractivity contribution in [1.82, 2.24) is 0 Å². The Morgan fingerprint density at radius 3 is 1.50 bits per heavy atom. The zero-order chi connectivity index (χ0) is 15.3. The summed E-state index contributed by atoms with van der Waals surface area (Å²) in [4.78, 5) is 0. The van der Waals surface area contributed by atoms with Gasteiger partial charge in [0.25, 0.3) is 5.97 Å². The van der Waals surface area contributed by atoms with Gasteiger partial charge in [0.05, 0.1) is 0 Å². The number of unbranched alkanes of at least 4 members (excludes halogenated alkanes) is 6. The van der Waals surface area contributed by atoms with Gasteiger partial charge in [0.15, 0.2) is 0 Å². The predicted molar refractivity (Wildman–Crippen MR) is 84.8 cm³/mol. The third kappa shape index (κ3) is 7.05. The first-order valence-electron chi connectivity index (χ1n) is 8.36. The largest absolute Gasteiger partial charge is 0.331 e. The molecule has 0 aromatic carbocycles. The molecule has 0 fully saturated rings. The van der Waals surface area contributed by atoms with Gasteiger partial charge in [-0.05, 0) is 12.8 Å². The van der Waals surface area contributed by atoms with E-state index < -0.39 is 5.97 Å². The number of hydrogen-bond donors (Lipinski definition) is 0. The topological polar surface area (TPSA) is 27.7 Å². The van der Waals surface area contributed by atoms with Gasteiger partial charge >= 0.3 is 0 Å². The minimum atomic E-state index is -0.863. The minimum Gasteiger partial charge on any atom is -0.331 e. The molecular formula is C17H36O3. The van der Waals surface area contributed by atoms with Crippen LogP contribution in [0.2, 0.25) is 0 Å². The van der Waals surface area contributed by atoms with Gasteiger partial charge in [0, 0.05) is 27.2 Å². The summed E-state index contributed by atoms with van der Waals surface area (Å²) in [7, 11) is 5.03. The molecule has 20 heavy (non-hydrogen) atoms. The maximum absolute atomic E-state index is 5.56. The maximum atomic E-state index is 5.56. The summed E-state index contributed by atoms with van der Waals surface area (Å²) in [5.74, 6) is -0.547. The van der Waals surface area contributed by atoms with Crippen molar-refractivity contribution in [1.29, 1.82) is 0 Å². The molecule has 3 heteroatoms. The van der Waals surface area contributed by atoms with Gasteiger partial charge in [0.2, 0.25) is 0 Å². The van der Waals surface area contributed by atoms with Crippen molar-refractivity contribution in [3.63, 3.8) is 0 Å². The molecule has 0 saturated heterocycles. The van der Waals surface area contributed by atoms with E-state index in [9.17, 15) is 0 Å². The van der Waals surface area contributed by atoms with Crippen LogP contribution >= 0.6 is 0 Å². The van der Waals surface area contributed by atoms with E-state index in [1.807, 2.05) is 0 Å². The number of methoxy groups -OCH3 is 3. The fourth-order valence-electron chi connectivity index (χ4n) is 2.88. The van der Waals surface area contributed by atoms with Gasteiger partial charge < -0.3 is 14.2 Å². The summed E-state index contributed by atoms with van der Waals surface area (Å²) in [5.41, 5.74) is 0. The maximum Gasteiger partial charge on any atom is 0.285 e. The van der Waals surface area contributed by atoms with Crippen LogP contribution in [0.4, 0.5) is 0 Å². The molecule has 0 heterocycles. The van der Waals surface area contributed by atoms with Crippen LogP contribution in [0.25, 0.3) is 0 Å². The van der Waals surface area contributed by atoms with Crippen molar-refractivity contribution in [3.05, 3.63) is 0 Å². The standard InChI is InChI=1S/C17H36O3/c1-6-8-10-11-13-15-16(14-12-9-7-2)17(18-3,19-4)20-5/h16H,6-15H2,1-5H3. The molecule has 0 aromatic rings. The first-order chi connectivity index (χ1) is 9.70. The molecule has 122 valence electrons. The van der Waals surface area contributed by atoms with Crippen LogP contribution in [0.1, 0.15) is 78.1 Å². The zero-order valence-electron chi connectivity index (χ0n) is 14.4. The van der Waals surface area contributed by atoms with E-state index in [0.29, 0.717) is 5.92 Å². The van der Waals surface area contributed by atoms with E-state index in [2.05, 4.69) is 13.8 Å². The fourth-order valence-corrected chi connectivity index (χ4v) is 2.88. The van der Waals surface area contributed by atoms with E-state index >= 15 is 0 Å². The van der Waals surface area contributed by atoms with Crippen molar-refractivity contribution in [2.75, 3.05) is 21.3 Å². The van der Waals surface area contributed by atoms with Crippen LogP contribution in [0, 0.1) is 5.92 Å². The highest BCUT2D eigenvalue weighted by atomic mass is 16.9. The molecule has 1 unspecified atom stereocenters. The molecule has 0 saturated carbocycles. The van der Waals surface area contributed by atoms with Crippen LogP contribution in [-0.2, 0) is 14.2 Å². The highest BCUT2D eigenvalue weighted by Gasteiger charge is 2.39. The van der Waals surface area contributed by atoms with Crippen molar-refractivity contribution in [2.45, 2.75) is 84.0 Å². The van der Waals surface area contributed by atoms with Crippen molar-refractivity contribution in [3.8, 4) is 0 Å². The summed E-state index contributed by atoms with van der Waals surface area (Å²) in [5, 5.41) is 0. The molecule has 0 radical (unpaired) electrons. The van der Waals surface area contributed by atoms with Crippen molar-refractivity contribution in [2.24, 2.45) is 5.92 Å². The van der Waals surface area contributed by atoms with E-state index in [1.54, 1.807) is 21.3 Å². The molecule has 3 nitrogen and oxygen atoms in total. The average Bonchev–Trinajstić information content (AvgIpc) is 2.48. The molecular weight excluding hydrogens is 252 g/mol. The Bertz CT molecular complexity index is 194. The molecule has 1 atom stereocenters. The Hall–Kier alpha value is -0.120. The van der Waals surface area contributed by atoms with E-state index in [4.69, 9.17) is 14.2 Å². The van der Waals surface area contributed by atoms with Crippen LogP contribution < -0.4 is 0 Å². The first kappa shape index (κ1) is 19.9. The Morgan fingerprint density at radius 2 is 1.05 bits per heavy atom. The second kappa shape index (κ2) is 12.6. The van der Waals surface area contributed by atoms with Crippen molar-refractivity contribution < 1.29 is 14.2 Å². The Balaban J connectivity index is 4.37. The molecule has 0 N–H and O–H groups in total. The van der Waals surface area contributed by atoms with Gasteiger partial charge in [-0.3, -0.25) is 0 Å². The minimum absolute atomic E-state index is 0.315. The lowest BCUT2D eigenvalue weighted by Gasteiger charge is -2.36. The van der Waals surface area contributed by atoms with Crippen LogP contribution in [0.15, 0.2) is 0 Å². The van der Waals surface area contributed by atoms with Crippen LogP contribution in [0.3, 0.4) is 0 Å². The Labute approximate surface area is 126 Å². The van der Waals surface area contributed by atoms with E-state index in [0.717, 1.165) is 12.8 Å². The van der Waals surface area contributed by atoms with Gasteiger partial charge in [-0.15, -0.1) is 0 Å². The molecule has 0 spiro atoms. The monoisotopic (exact) mass is 288 g/mol. The fraction of sp³-hybridized carbons (Fsp3) is 1.00. The molecule has 0 aliphatic heterocycles. The molecule has 0 aliphatic carbocycles. The highest BCUT2D eigenvalue weighted by Crippen LogP contribution is 2.32. The summed E-state index contributed by atoms with van der Waals surface area (Å²) >= 11 is 0. The first-order valence-corrected chi connectivity index (χ1v) is 8.36. The molecule has 0 aliphatic rings. The predicted octanol–water partition coefficient (Wildman–Crippen LogP) is 5.14. The zero-order valence-corrected chi connectivity index (χ0v) is 14.4. The number of rotatable bonds is 14. The second-order valence-electron chi connectivity index (χ2n) is 5.61. The summed E-state index contributed by atoms with van der Waals surface area (Å²) in [6.07, 6.45) is 12.4. The van der Waals surface area contributed by atoms with E-state index in [-0.39, 0.29) is 0 Å². The highest BCUT2D eigenvalue weighted by molar-refractivity contribution is 4.71. The van der Waals surface area contributed by atoms with E-state index in [1.165, 1.54) is 51.4 Å². The molecule has 0 amide bonds. The third-order valence-electron chi connectivity index (χ3n) is 4.17. The molecule has 0 bridgehead atoms. The van der Waals surface area contributed by atoms with Gasteiger partial charge in [-0.2, -0.15) is 0 Å². The lowest BCUT2D eigenvalue weighted by molar-refractivity contribution is -0.380. The Kier molecular flexibility index (Phi) is 12.5. The summed E-state index contributed by atoms with van der Waals surface area (Å²) in [6, 6.07) is 0. The Morgan fingerprint density at radius 1 is 0.650 bits per heavy atom.